The molecule has 1 heterocycles. The number of benzene rings is 2. The minimum atomic E-state index is -2.68. The molecule has 2 aliphatic rings. The number of carbonyl (C=O) groups is 2. The number of piperidine rings is 1. The topological polar surface area (TPSA) is 70.7 Å². The van der Waals surface area contributed by atoms with Crippen LogP contribution in [0.4, 0.5) is 20.2 Å². The van der Waals surface area contributed by atoms with E-state index in [9.17, 15) is 18.4 Å². The van der Waals surface area contributed by atoms with Gasteiger partial charge in [-0.25, -0.2) is 8.78 Å². The molecule has 2 atom stereocenters. The quantitative estimate of drug-likeness (QED) is 0.263. The van der Waals surface area contributed by atoms with Crippen LogP contribution in [0.3, 0.4) is 0 Å². The van der Waals surface area contributed by atoms with Crippen LogP contribution < -0.4 is 15.4 Å². The van der Waals surface area contributed by atoms with Crippen LogP contribution in [0, 0.1) is 5.92 Å². The molecule has 1 unspecified atom stereocenters. The smallest absolute Gasteiger partial charge is 0.260 e. The van der Waals surface area contributed by atoms with Crippen molar-refractivity contribution < 1.29 is 23.1 Å². The largest absolute Gasteiger partial charge is 0.490 e. The summed E-state index contributed by atoms with van der Waals surface area (Å²) >= 11 is 3.44. The van der Waals surface area contributed by atoms with Gasteiger partial charge in [-0.3, -0.25) is 14.5 Å². The number of anilines is 2. The van der Waals surface area contributed by atoms with Crippen molar-refractivity contribution in [1.82, 2.24) is 4.90 Å². The van der Waals surface area contributed by atoms with E-state index in [1.165, 1.54) is 0 Å². The molecule has 2 fully saturated rings. The average molecular weight is 576 g/mol. The molecule has 0 spiro atoms. The van der Waals surface area contributed by atoms with Gasteiger partial charge in [0.25, 0.3) is 5.92 Å². The van der Waals surface area contributed by atoms with Gasteiger partial charge in [0.1, 0.15) is 12.4 Å². The second-order valence-corrected chi connectivity index (χ2v) is 10.6. The van der Waals surface area contributed by atoms with Crippen molar-refractivity contribution in [1.29, 1.82) is 0 Å². The molecule has 1 saturated carbocycles. The van der Waals surface area contributed by atoms with Crippen LogP contribution >= 0.6 is 15.9 Å². The molecule has 4 rings (SSSR count). The molecule has 37 heavy (non-hydrogen) atoms. The Balaban J connectivity index is 1.40. The number of nitrogens with zero attached hydrogens (tertiary/aromatic N) is 1. The molecule has 1 saturated heterocycles. The second-order valence-electron chi connectivity index (χ2n) is 9.71. The van der Waals surface area contributed by atoms with E-state index in [4.69, 9.17) is 4.74 Å². The van der Waals surface area contributed by atoms with Crippen LogP contribution in [-0.2, 0) is 4.79 Å². The summed E-state index contributed by atoms with van der Waals surface area (Å²) in [4.78, 5) is 26.9. The Hall–Kier alpha value is -2.78. The number of rotatable bonds is 10. The van der Waals surface area contributed by atoms with Crippen molar-refractivity contribution in [3.63, 3.8) is 0 Å². The van der Waals surface area contributed by atoms with Crippen LogP contribution in [0.2, 0.25) is 0 Å². The van der Waals surface area contributed by atoms with Gasteiger partial charge in [-0.2, -0.15) is 0 Å². The molecule has 0 radical (unpaired) electrons. The van der Waals surface area contributed by atoms with Crippen LogP contribution in [0.25, 0.3) is 0 Å². The van der Waals surface area contributed by atoms with E-state index in [1.54, 1.807) is 23.1 Å². The second kappa shape index (κ2) is 12.2. The maximum absolute atomic E-state index is 13.7. The van der Waals surface area contributed by atoms with Gasteiger partial charge in [0.2, 0.25) is 5.91 Å². The molecule has 9 heteroatoms. The Morgan fingerprint density at radius 3 is 2.70 bits per heavy atom. The fraction of sp³-hybridized carbons (Fsp3) is 0.429. The molecule has 1 aliphatic carbocycles. The van der Waals surface area contributed by atoms with Gasteiger partial charge in [0.15, 0.2) is 5.78 Å². The van der Waals surface area contributed by atoms with Crippen LogP contribution in [0.15, 0.2) is 59.6 Å². The van der Waals surface area contributed by atoms with Gasteiger partial charge in [-0.1, -0.05) is 22.5 Å². The molecule has 198 valence electrons. The molecule has 0 aromatic heterocycles. The zero-order valence-corrected chi connectivity index (χ0v) is 22.2. The average Bonchev–Trinajstić information content (AvgIpc) is 3.33. The number of nitrogens with one attached hydrogen (secondary N) is 2. The highest BCUT2D eigenvalue weighted by molar-refractivity contribution is 9.10. The summed E-state index contributed by atoms with van der Waals surface area (Å²) in [5.74, 6) is -2.84. The molecule has 2 N–H and O–H groups in total. The van der Waals surface area contributed by atoms with Crippen molar-refractivity contribution in [2.45, 2.75) is 44.1 Å². The van der Waals surface area contributed by atoms with E-state index >= 15 is 0 Å². The van der Waals surface area contributed by atoms with Crippen molar-refractivity contribution in [3.05, 3.63) is 65.2 Å². The number of amides is 1. The molecule has 0 bridgehead atoms. The number of carbonyl (C=O) groups excluding carboxylic acids is 2. The predicted molar refractivity (Wildman–Crippen MR) is 145 cm³/mol. The molecular weight excluding hydrogens is 544 g/mol. The van der Waals surface area contributed by atoms with Crippen molar-refractivity contribution in [3.8, 4) is 5.75 Å². The Bertz CT molecular complexity index is 1130. The first-order valence-corrected chi connectivity index (χ1v) is 13.4. The van der Waals surface area contributed by atoms with Gasteiger partial charge in [0.05, 0.1) is 12.2 Å². The number of hydrogen-bond acceptors (Lipinski definition) is 5. The SMILES string of the molecule is C=CC(=O)Nc1ccc(C(=O)C2CC[C@@H](Nc3ccc(Br)cc3)C2)cc1OCCN1CCCC(F)(F)C1. The first kappa shape index (κ1) is 27.3. The predicted octanol–water partition coefficient (Wildman–Crippen LogP) is 6.15. The highest BCUT2D eigenvalue weighted by Crippen LogP contribution is 2.34. The maximum Gasteiger partial charge on any atom is 0.260 e. The molecule has 2 aromatic carbocycles. The number of halogens is 3. The van der Waals surface area contributed by atoms with Crippen LogP contribution in [0.1, 0.15) is 42.5 Å². The normalized spacial score (nSPS) is 21.3. The maximum atomic E-state index is 13.7. The number of hydrogen-bond donors (Lipinski definition) is 2. The summed E-state index contributed by atoms with van der Waals surface area (Å²) < 4.78 is 34.4. The van der Waals surface area contributed by atoms with Crippen LogP contribution in [-0.4, -0.2) is 54.8 Å². The Labute approximate surface area is 224 Å². The van der Waals surface area contributed by atoms with Crippen molar-refractivity contribution in [2.24, 2.45) is 5.92 Å². The van der Waals surface area contributed by atoms with E-state index in [0.717, 1.165) is 35.5 Å². The van der Waals surface area contributed by atoms with Crippen molar-refractivity contribution >= 4 is 39.0 Å². The lowest BCUT2D eigenvalue weighted by Crippen LogP contribution is -2.44. The number of alkyl halides is 2. The number of likely N-dealkylation sites (tertiary alicyclic amines) is 1. The van der Waals surface area contributed by atoms with Gasteiger partial charge < -0.3 is 15.4 Å². The minimum absolute atomic E-state index is 0.0298. The summed E-state index contributed by atoms with van der Waals surface area (Å²) in [6.07, 6.45) is 3.90. The van der Waals surface area contributed by atoms with E-state index < -0.39 is 11.8 Å². The monoisotopic (exact) mass is 575 g/mol. The van der Waals surface area contributed by atoms with Gasteiger partial charge in [-0.05, 0) is 80.8 Å². The zero-order chi connectivity index (χ0) is 26.4. The summed E-state index contributed by atoms with van der Waals surface area (Å²) in [6, 6.07) is 13.1. The molecule has 1 amide bonds. The highest BCUT2D eigenvalue weighted by Gasteiger charge is 2.35. The number of ether oxygens (including phenoxy) is 1. The standard InChI is InChI=1S/C28H32BrF2N3O3/c1-2-26(35)33-24-11-5-20(17-25(24)37-15-14-34-13-3-12-28(30,31)18-34)27(36)19-4-8-23(16-19)32-22-9-6-21(29)7-10-22/h2,5-7,9-11,17,19,23,32H,1,3-4,8,12-16,18H2,(H,33,35)/t19?,23-/m1/s1. The van der Waals surface area contributed by atoms with Crippen molar-refractivity contribution in [2.75, 3.05) is 36.9 Å². The fourth-order valence-electron chi connectivity index (χ4n) is 4.97. The summed E-state index contributed by atoms with van der Waals surface area (Å²) in [5, 5.41) is 6.20. The number of Topliss-reactive ketones (excluding diaryl/α,β-unsaturated/α-hetero) is 1. The Morgan fingerprint density at radius 1 is 1.19 bits per heavy atom. The lowest BCUT2D eigenvalue weighted by atomic mass is 9.95. The molecular formula is C28H32BrF2N3O3. The highest BCUT2D eigenvalue weighted by atomic mass is 79.9. The summed E-state index contributed by atoms with van der Waals surface area (Å²) in [5.41, 5.74) is 1.93. The van der Waals surface area contributed by atoms with E-state index in [-0.39, 0.29) is 37.3 Å². The Morgan fingerprint density at radius 2 is 1.97 bits per heavy atom. The lowest BCUT2D eigenvalue weighted by molar-refractivity contribution is -0.111. The first-order chi connectivity index (χ1) is 17.7. The first-order valence-electron chi connectivity index (χ1n) is 12.6. The van der Waals surface area contributed by atoms with E-state index in [0.29, 0.717) is 36.5 Å². The fourth-order valence-corrected chi connectivity index (χ4v) is 5.24. The minimum Gasteiger partial charge on any atom is -0.490 e. The third-order valence-electron chi connectivity index (χ3n) is 6.86. The van der Waals surface area contributed by atoms with E-state index in [2.05, 4.69) is 33.1 Å². The molecule has 1 aliphatic heterocycles. The third kappa shape index (κ3) is 7.61. The summed E-state index contributed by atoms with van der Waals surface area (Å²) in [7, 11) is 0. The number of ketones is 1. The zero-order valence-electron chi connectivity index (χ0n) is 20.7. The van der Waals surface area contributed by atoms with Gasteiger partial charge in [0, 0.05) is 40.6 Å². The third-order valence-corrected chi connectivity index (χ3v) is 7.39. The summed E-state index contributed by atoms with van der Waals surface area (Å²) in [6.45, 7) is 4.26. The lowest BCUT2D eigenvalue weighted by Gasteiger charge is -2.32. The molecule has 2 aromatic rings. The van der Waals surface area contributed by atoms with Gasteiger partial charge >= 0.3 is 0 Å². The van der Waals surface area contributed by atoms with E-state index in [1.807, 2.05) is 24.3 Å². The van der Waals surface area contributed by atoms with Crippen LogP contribution in [0.5, 0.6) is 5.75 Å². The molecule has 6 nitrogen and oxygen atoms in total. The van der Waals surface area contributed by atoms with Gasteiger partial charge in [-0.15, -0.1) is 0 Å². The Kier molecular flexibility index (Phi) is 8.97.